The van der Waals surface area contributed by atoms with Crippen LogP contribution in [0.25, 0.3) is 83.0 Å². The van der Waals surface area contributed by atoms with E-state index < -0.39 is 0 Å². The minimum absolute atomic E-state index is 0.923. The van der Waals surface area contributed by atoms with Crippen LogP contribution in [0.15, 0.2) is 95.7 Å². The lowest BCUT2D eigenvalue weighted by Crippen LogP contribution is -1.87. The molecule has 0 unspecified atom stereocenters. The highest BCUT2D eigenvalue weighted by Gasteiger charge is 2.12. The summed E-state index contributed by atoms with van der Waals surface area (Å²) in [6, 6.07) is 31.5. The molecule has 0 fully saturated rings. The molecule has 0 bridgehead atoms. The molecule has 0 spiro atoms. The van der Waals surface area contributed by atoms with Crippen LogP contribution in [0.1, 0.15) is 0 Å². The number of nitrogens with zero attached hydrogens (tertiary/aromatic N) is 2. The molecular weight excluding hydrogens is 541 g/mol. The first kappa shape index (κ1) is 21.3. The van der Waals surface area contributed by atoms with Gasteiger partial charge in [-0.3, -0.25) is 0 Å². The lowest BCUT2D eigenvalue weighted by Gasteiger charge is -1.99. The topological polar surface area (TPSA) is 25.8 Å². The van der Waals surface area contributed by atoms with Gasteiger partial charge in [-0.25, -0.2) is 0 Å². The van der Waals surface area contributed by atoms with Gasteiger partial charge in [0.1, 0.15) is 11.4 Å². The standard InChI is InChI=1S/C32H16N2S4/c1-2-26(32-16-24-10-22-12-28-18(4-6-36-28)8-20(22)14-30(24)38-32)34-33-25(1)31-15-23-9-21-11-27-17(3-5-35-27)7-19(21)13-29(23)37-31/h1-16H. The Morgan fingerprint density at radius 1 is 0.368 bits per heavy atom. The van der Waals surface area contributed by atoms with Crippen LogP contribution < -0.4 is 0 Å². The fourth-order valence-electron chi connectivity index (χ4n) is 5.34. The lowest BCUT2D eigenvalue weighted by molar-refractivity contribution is 1.05. The van der Waals surface area contributed by atoms with Crippen molar-refractivity contribution in [3.8, 4) is 21.1 Å². The average Bonchev–Trinajstić information content (AvgIpc) is 3.73. The highest BCUT2D eigenvalue weighted by atomic mass is 32.1. The normalized spacial score (nSPS) is 12.2. The number of aromatic nitrogens is 2. The van der Waals surface area contributed by atoms with Gasteiger partial charge in [0.25, 0.3) is 0 Å². The Hall–Kier alpha value is -3.68. The molecule has 0 atom stereocenters. The molecule has 2 nitrogen and oxygen atoms in total. The summed E-state index contributed by atoms with van der Waals surface area (Å²) in [7, 11) is 0. The van der Waals surface area contributed by atoms with Gasteiger partial charge in [0.05, 0.1) is 9.75 Å². The Labute approximate surface area is 233 Å². The highest BCUT2D eigenvalue weighted by Crippen LogP contribution is 2.39. The van der Waals surface area contributed by atoms with Gasteiger partial charge < -0.3 is 0 Å². The smallest absolute Gasteiger partial charge is 0.103 e. The van der Waals surface area contributed by atoms with E-state index in [4.69, 9.17) is 0 Å². The van der Waals surface area contributed by atoms with E-state index in [1.54, 1.807) is 45.3 Å². The van der Waals surface area contributed by atoms with Crippen molar-refractivity contribution >= 4 is 107 Å². The molecule has 0 saturated carbocycles. The van der Waals surface area contributed by atoms with E-state index in [0.717, 1.165) is 21.1 Å². The maximum atomic E-state index is 4.65. The summed E-state index contributed by atoms with van der Waals surface area (Å²) in [5.41, 5.74) is 1.85. The average molecular weight is 557 g/mol. The molecule has 0 radical (unpaired) electrons. The van der Waals surface area contributed by atoms with E-state index in [9.17, 15) is 0 Å². The molecule has 178 valence electrons. The molecule has 0 aliphatic carbocycles. The minimum atomic E-state index is 0.923. The Bertz CT molecular complexity index is 2050. The number of hydrogen-bond donors (Lipinski definition) is 0. The van der Waals surface area contributed by atoms with Gasteiger partial charge in [0.15, 0.2) is 0 Å². The summed E-state index contributed by atoms with van der Waals surface area (Å²) < 4.78 is 5.24. The maximum Gasteiger partial charge on any atom is 0.103 e. The Morgan fingerprint density at radius 2 is 0.789 bits per heavy atom. The van der Waals surface area contributed by atoms with Crippen molar-refractivity contribution in [2.45, 2.75) is 0 Å². The summed E-state index contributed by atoms with van der Waals surface area (Å²) in [5.74, 6) is 0. The molecule has 0 aliphatic rings. The summed E-state index contributed by atoms with van der Waals surface area (Å²) in [4.78, 5) is 2.30. The molecular formula is C32H16N2S4. The summed E-state index contributed by atoms with van der Waals surface area (Å²) in [6.45, 7) is 0. The van der Waals surface area contributed by atoms with Gasteiger partial charge >= 0.3 is 0 Å². The molecule has 5 heterocycles. The Kier molecular flexibility index (Phi) is 4.43. The highest BCUT2D eigenvalue weighted by molar-refractivity contribution is 7.22. The second kappa shape index (κ2) is 7.91. The molecule has 9 rings (SSSR count). The molecule has 9 aromatic rings. The Morgan fingerprint density at radius 3 is 1.24 bits per heavy atom. The van der Waals surface area contributed by atoms with Crippen LogP contribution in [-0.2, 0) is 0 Å². The fourth-order valence-corrected chi connectivity index (χ4v) is 9.09. The third kappa shape index (κ3) is 3.28. The largest absolute Gasteiger partial charge is 0.149 e. The summed E-state index contributed by atoms with van der Waals surface area (Å²) in [5, 5.41) is 23.9. The molecule has 0 saturated heterocycles. The molecule has 38 heavy (non-hydrogen) atoms. The molecule has 6 heteroatoms. The summed E-state index contributed by atoms with van der Waals surface area (Å²) in [6.07, 6.45) is 0. The zero-order chi connectivity index (χ0) is 24.8. The van der Waals surface area contributed by atoms with Crippen LogP contribution in [-0.4, -0.2) is 10.2 Å². The van der Waals surface area contributed by atoms with E-state index >= 15 is 0 Å². The predicted molar refractivity (Wildman–Crippen MR) is 169 cm³/mol. The second-order valence-corrected chi connectivity index (χ2v) is 13.7. The van der Waals surface area contributed by atoms with E-state index in [1.165, 1.54) is 61.9 Å². The molecule has 0 N–H and O–H groups in total. The predicted octanol–water partition coefficient (Wildman–Crippen LogP) is 11.0. The van der Waals surface area contributed by atoms with Crippen molar-refractivity contribution in [2.75, 3.05) is 0 Å². The van der Waals surface area contributed by atoms with Crippen molar-refractivity contribution in [3.05, 3.63) is 95.7 Å². The van der Waals surface area contributed by atoms with Gasteiger partial charge in [-0.05, 0) is 139 Å². The van der Waals surface area contributed by atoms with Crippen LogP contribution in [0, 0.1) is 0 Å². The van der Waals surface area contributed by atoms with E-state index in [-0.39, 0.29) is 0 Å². The zero-order valence-electron chi connectivity index (χ0n) is 19.8. The van der Waals surface area contributed by atoms with Crippen molar-refractivity contribution in [1.29, 1.82) is 0 Å². The number of thiophene rings is 4. The van der Waals surface area contributed by atoms with Crippen LogP contribution in [0.4, 0.5) is 0 Å². The molecule has 4 aromatic carbocycles. The van der Waals surface area contributed by atoms with Gasteiger partial charge in [0, 0.05) is 18.8 Å². The van der Waals surface area contributed by atoms with Crippen molar-refractivity contribution in [1.82, 2.24) is 10.2 Å². The van der Waals surface area contributed by atoms with Crippen molar-refractivity contribution in [3.63, 3.8) is 0 Å². The quantitative estimate of drug-likeness (QED) is 0.212. The van der Waals surface area contributed by atoms with Gasteiger partial charge in [-0.2, -0.15) is 0 Å². The lowest BCUT2D eigenvalue weighted by atomic mass is 10.1. The SMILES string of the molecule is c1cc2cc3cc4sc(-c5ccc(-c6cc7cc8cc9sccc9cc8cc7s6)nn5)cc4cc3cc2s1. The Balaban J connectivity index is 1.09. The molecule has 5 aromatic heterocycles. The zero-order valence-corrected chi connectivity index (χ0v) is 23.0. The number of fused-ring (bicyclic) bond motifs is 6. The first-order chi connectivity index (χ1) is 18.7. The second-order valence-electron chi connectivity index (χ2n) is 9.62. The third-order valence-electron chi connectivity index (χ3n) is 7.26. The number of benzene rings is 4. The van der Waals surface area contributed by atoms with Crippen LogP contribution in [0.5, 0.6) is 0 Å². The minimum Gasteiger partial charge on any atom is -0.149 e. The van der Waals surface area contributed by atoms with E-state index in [1.807, 2.05) is 0 Å². The fraction of sp³-hybridized carbons (Fsp3) is 0. The van der Waals surface area contributed by atoms with Gasteiger partial charge in [0.2, 0.25) is 0 Å². The van der Waals surface area contributed by atoms with E-state index in [2.05, 4.69) is 106 Å². The van der Waals surface area contributed by atoms with Crippen LogP contribution in [0.2, 0.25) is 0 Å². The first-order valence-corrected chi connectivity index (χ1v) is 15.7. The number of hydrogen-bond acceptors (Lipinski definition) is 6. The number of rotatable bonds is 2. The van der Waals surface area contributed by atoms with Gasteiger partial charge in [-0.15, -0.1) is 55.5 Å². The summed E-state index contributed by atoms with van der Waals surface area (Å²) >= 11 is 7.16. The monoisotopic (exact) mass is 556 g/mol. The van der Waals surface area contributed by atoms with Crippen LogP contribution in [0.3, 0.4) is 0 Å². The molecule has 0 aliphatic heterocycles. The van der Waals surface area contributed by atoms with E-state index in [0.29, 0.717) is 0 Å². The third-order valence-corrected chi connectivity index (χ3v) is 11.3. The maximum absolute atomic E-state index is 4.65. The molecule has 0 amide bonds. The van der Waals surface area contributed by atoms with Crippen molar-refractivity contribution in [2.24, 2.45) is 0 Å². The van der Waals surface area contributed by atoms with Crippen molar-refractivity contribution < 1.29 is 0 Å². The van der Waals surface area contributed by atoms with Crippen LogP contribution >= 0.6 is 45.3 Å². The first-order valence-electron chi connectivity index (χ1n) is 12.3. The van der Waals surface area contributed by atoms with Gasteiger partial charge in [-0.1, -0.05) is 0 Å².